The van der Waals surface area contributed by atoms with Crippen LogP contribution in [0, 0.1) is 0 Å². The van der Waals surface area contributed by atoms with Crippen LogP contribution in [0.3, 0.4) is 0 Å². The summed E-state index contributed by atoms with van der Waals surface area (Å²) in [7, 11) is 0. The zero-order valence-corrected chi connectivity index (χ0v) is 16.1. The van der Waals surface area contributed by atoms with Gasteiger partial charge in [-0.15, -0.1) is 0 Å². The molecule has 0 aromatic heterocycles. The minimum absolute atomic E-state index is 0.0807. The second-order valence-electron chi connectivity index (χ2n) is 7.88. The molecular formula is C22H42O2. The molecule has 0 aliphatic heterocycles. The number of Topliss-reactive ketones (excluding diaryl/α,β-unsaturated/α-hetero) is 1. The third-order valence-electron chi connectivity index (χ3n) is 5.52. The van der Waals surface area contributed by atoms with Crippen LogP contribution in [0.5, 0.6) is 0 Å². The van der Waals surface area contributed by atoms with Crippen molar-refractivity contribution in [1.82, 2.24) is 0 Å². The van der Waals surface area contributed by atoms with Crippen LogP contribution >= 0.6 is 0 Å². The number of hydrogen-bond donors (Lipinski definition) is 1. The first-order valence-corrected chi connectivity index (χ1v) is 11.0. The van der Waals surface area contributed by atoms with Crippen molar-refractivity contribution in [3.63, 3.8) is 0 Å². The Balaban J connectivity index is 2.16. The minimum atomic E-state index is -0.692. The molecule has 0 aromatic carbocycles. The predicted molar refractivity (Wildman–Crippen MR) is 103 cm³/mol. The number of carbonyl (C=O) groups excluding carboxylic acids is 1. The van der Waals surface area contributed by atoms with Gasteiger partial charge < -0.3 is 5.11 Å². The Hall–Kier alpha value is -0.370. The van der Waals surface area contributed by atoms with Crippen LogP contribution in [0.4, 0.5) is 0 Å². The molecule has 0 aromatic rings. The van der Waals surface area contributed by atoms with Crippen molar-refractivity contribution in [2.75, 3.05) is 0 Å². The van der Waals surface area contributed by atoms with E-state index in [9.17, 15) is 9.90 Å². The molecule has 0 spiro atoms. The average molecular weight is 339 g/mol. The summed E-state index contributed by atoms with van der Waals surface area (Å²) in [5.74, 6) is 0.0807. The third kappa shape index (κ3) is 13.0. The maximum atomic E-state index is 11.9. The number of aliphatic hydroxyl groups excluding tert-OH is 1. The molecule has 1 saturated carbocycles. The molecule has 142 valence electrons. The lowest BCUT2D eigenvalue weighted by Crippen LogP contribution is -2.19. The summed E-state index contributed by atoms with van der Waals surface area (Å²) in [4.78, 5) is 11.9. The van der Waals surface area contributed by atoms with E-state index in [1.54, 1.807) is 0 Å². The highest BCUT2D eigenvalue weighted by molar-refractivity contribution is 5.82. The summed E-state index contributed by atoms with van der Waals surface area (Å²) in [6.45, 7) is 0. The first-order chi connectivity index (χ1) is 11.8. The standard InChI is InChI=1S/C22H42O2/c23-21-19-17-15-13-11-9-7-5-3-1-2-4-6-8-10-12-14-16-18-20-22(21)24/h21,23H,1-20H2. The molecule has 1 aliphatic carbocycles. The Bertz CT molecular complexity index is 288. The van der Waals surface area contributed by atoms with E-state index >= 15 is 0 Å². The molecule has 0 bridgehead atoms. The third-order valence-corrected chi connectivity index (χ3v) is 5.52. The fourth-order valence-electron chi connectivity index (χ4n) is 3.79. The van der Waals surface area contributed by atoms with E-state index in [0.717, 1.165) is 19.3 Å². The highest BCUT2D eigenvalue weighted by Gasteiger charge is 2.13. The molecule has 0 saturated heterocycles. The van der Waals surface area contributed by atoms with Gasteiger partial charge in [0.05, 0.1) is 0 Å². The van der Waals surface area contributed by atoms with Crippen molar-refractivity contribution < 1.29 is 9.90 Å². The van der Waals surface area contributed by atoms with Crippen LogP contribution in [0.2, 0.25) is 0 Å². The maximum absolute atomic E-state index is 11.9. The Labute approximate surface area is 150 Å². The fourth-order valence-corrected chi connectivity index (χ4v) is 3.79. The van der Waals surface area contributed by atoms with Gasteiger partial charge in [-0.2, -0.15) is 0 Å². The first kappa shape index (κ1) is 21.7. The zero-order valence-electron chi connectivity index (χ0n) is 16.1. The number of rotatable bonds is 0. The smallest absolute Gasteiger partial charge is 0.161 e. The van der Waals surface area contributed by atoms with Crippen LogP contribution < -0.4 is 0 Å². The van der Waals surface area contributed by atoms with E-state index < -0.39 is 6.10 Å². The fraction of sp³-hybridized carbons (Fsp3) is 0.955. The van der Waals surface area contributed by atoms with Gasteiger partial charge in [-0.05, 0) is 12.8 Å². The topological polar surface area (TPSA) is 37.3 Å². The summed E-state index contributed by atoms with van der Waals surface area (Å²) in [6, 6.07) is 0. The second kappa shape index (κ2) is 16.1. The van der Waals surface area contributed by atoms with Gasteiger partial charge in [0.2, 0.25) is 0 Å². The van der Waals surface area contributed by atoms with E-state index in [4.69, 9.17) is 0 Å². The lowest BCUT2D eigenvalue weighted by Gasteiger charge is -2.10. The zero-order chi connectivity index (χ0) is 17.3. The molecule has 1 N–H and O–H groups in total. The van der Waals surface area contributed by atoms with E-state index in [1.165, 1.54) is 96.3 Å². The Kier molecular flexibility index (Phi) is 14.6. The predicted octanol–water partition coefficient (Wildman–Crippen LogP) is 6.73. The van der Waals surface area contributed by atoms with Gasteiger partial charge in [-0.3, -0.25) is 4.79 Å². The number of ketones is 1. The number of aliphatic hydroxyl groups is 1. The van der Waals surface area contributed by atoms with E-state index in [1.807, 2.05) is 0 Å². The molecular weight excluding hydrogens is 296 g/mol. The van der Waals surface area contributed by atoms with Crippen LogP contribution in [0.25, 0.3) is 0 Å². The Morgan fingerprint density at radius 3 is 1.17 bits per heavy atom. The monoisotopic (exact) mass is 338 g/mol. The van der Waals surface area contributed by atoms with Crippen LogP contribution in [0.15, 0.2) is 0 Å². The van der Waals surface area contributed by atoms with Gasteiger partial charge in [0.25, 0.3) is 0 Å². The molecule has 2 nitrogen and oxygen atoms in total. The van der Waals surface area contributed by atoms with Gasteiger partial charge in [-0.25, -0.2) is 0 Å². The van der Waals surface area contributed by atoms with Crippen molar-refractivity contribution >= 4 is 5.78 Å². The molecule has 0 radical (unpaired) electrons. The molecule has 1 fully saturated rings. The van der Waals surface area contributed by atoms with E-state index in [-0.39, 0.29) is 5.78 Å². The minimum Gasteiger partial charge on any atom is -0.385 e. The lowest BCUT2D eigenvalue weighted by molar-refractivity contribution is -0.127. The maximum Gasteiger partial charge on any atom is 0.161 e. The highest BCUT2D eigenvalue weighted by atomic mass is 16.3. The summed E-state index contributed by atoms with van der Waals surface area (Å²) >= 11 is 0. The normalized spacial score (nSPS) is 26.2. The van der Waals surface area contributed by atoms with Crippen molar-refractivity contribution in [2.45, 2.75) is 135 Å². The average Bonchev–Trinajstić information content (AvgIpc) is 2.58. The van der Waals surface area contributed by atoms with Gasteiger partial charge in [0.1, 0.15) is 6.10 Å². The summed E-state index contributed by atoms with van der Waals surface area (Å²) in [6.07, 6.45) is 24.1. The first-order valence-electron chi connectivity index (χ1n) is 11.0. The van der Waals surface area contributed by atoms with E-state index in [2.05, 4.69) is 0 Å². The molecule has 0 amide bonds. The van der Waals surface area contributed by atoms with Crippen molar-refractivity contribution in [1.29, 1.82) is 0 Å². The molecule has 1 unspecified atom stereocenters. The molecule has 2 heteroatoms. The van der Waals surface area contributed by atoms with Gasteiger partial charge >= 0.3 is 0 Å². The molecule has 24 heavy (non-hydrogen) atoms. The van der Waals surface area contributed by atoms with Crippen LogP contribution in [-0.2, 0) is 4.79 Å². The molecule has 1 aliphatic rings. The Morgan fingerprint density at radius 1 is 0.500 bits per heavy atom. The number of carbonyl (C=O) groups is 1. The Morgan fingerprint density at radius 2 is 0.792 bits per heavy atom. The molecule has 1 atom stereocenters. The van der Waals surface area contributed by atoms with Gasteiger partial charge in [-0.1, -0.05) is 109 Å². The van der Waals surface area contributed by atoms with E-state index in [0.29, 0.717) is 12.8 Å². The summed E-state index contributed by atoms with van der Waals surface area (Å²) in [5, 5.41) is 9.95. The molecule has 1 rings (SSSR count). The second-order valence-corrected chi connectivity index (χ2v) is 7.88. The largest absolute Gasteiger partial charge is 0.385 e. The van der Waals surface area contributed by atoms with Crippen LogP contribution in [-0.4, -0.2) is 17.0 Å². The number of hydrogen-bond acceptors (Lipinski definition) is 2. The summed E-state index contributed by atoms with van der Waals surface area (Å²) < 4.78 is 0. The molecule has 0 heterocycles. The van der Waals surface area contributed by atoms with Crippen molar-refractivity contribution in [2.24, 2.45) is 0 Å². The van der Waals surface area contributed by atoms with Crippen LogP contribution in [0.1, 0.15) is 128 Å². The van der Waals surface area contributed by atoms with Gasteiger partial charge in [0.15, 0.2) is 5.78 Å². The SMILES string of the molecule is O=C1CCCCCCCCCCCCCCCCCCCCC1O. The van der Waals surface area contributed by atoms with Crippen molar-refractivity contribution in [3.05, 3.63) is 0 Å². The lowest BCUT2D eigenvalue weighted by atomic mass is 9.99. The van der Waals surface area contributed by atoms with Gasteiger partial charge in [0, 0.05) is 6.42 Å². The highest BCUT2D eigenvalue weighted by Crippen LogP contribution is 2.16. The summed E-state index contributed by atoms with van der Waals surface area (Å²) in [5.41, 5.74) is 0. The van der Waals surface area contributed by atoms with Crippen molar-refractivity contribution in [3.8, 4) is 0 Å². The quantitative estimate of drug-likeness (QED) is 0.531.